The highest BCUT2D eigenvalue weighted by molar-refractivity contribution is 5.42. The molecule has 1 saturated carbocycles. The van der Waals surface area contributed by atoms with Gasteiger partial charge in [0.1, 0.15) is 12.4 Å². The summed E-state index contributed by atoms with van der Waals surface area (Å²) in [5, 5.41) is 3.12. The second-order valence-corrected chi connectivity index (χ2v) is 4.74. The third-order valence-electron chi connectivity index (χ3n) is 2.98. The van der Waals surface area contributed by atoms with Crippen LogP contribution in [0.15, 0.2) is 18.2 Å². The maximum atomic E-state index is 12.6. The first-order valence-corrected chi connectivity index (χ1v) is 6.49. The number of hydrogen-bond acceptors (Lipinski definition) is 3. The first-order valence-electron chi connectivity index (χ1n) is 6.49. The lowest BCUT2D eigenvalue weighted by atomic mass is 10.3. The lowest BCUT2D eigenvalue weighted by Crippen LogP contribution is -2.36. The Morgan fingerprint density at radius 2 is 2.11 bits per heavy atom. The first kappa shape index (κ1) is 14.1. The number of nitrogens with one attached hydrogen (secondary N) is 1. The van der Waals surface area contributed by atoms with Crippen LogP contribution in [-0.2, 0) is 6.54 Å². The van der Waals surface area contributed by atoms with Crippen LogP contribution in [0, 0.1) is 0 Å². The summed E-state index contributed by atoms with van der Waals surface area (Å²) in [4.78, 5) is 5.69. The lowest BCUT2D eigenvalue weighted by molar-refractivity contribution is -0.120. The zero-order chi connectivity index (χ0) is 13.9. The summed E-state index contributed by atoms with van der Waals surface area (Å²) in [6, 6.07) is 5.23. The molecule has 1 N–H and O–H groups in total. The number of anilines is 1. The van der Waals surface area contributed by atoms with Gasteiger partial charge in [-0.25, -0.2) is 4.98 Å². The van der Waals surface area contributed by atoms with Gasteiger partial charge in [0.2, 0.25) is 0 Å². The predicted molar refractivity (Wildman–Crippen MR) is 68.0 cm³/mol. The molecule has 0 spiro atoms. The summed E-state index contributed by atoms with van der Waals surface area (Å²) < 4.78 is 37.8. The molecule has 106 valence electrons. The molecule has 1 aliphatic carbocycles. The Balaban J connectivity index is 2.12. The maximum Gasteiger partial charge on any atom is 0.405 e. The summed E-state index contributed by atoms with van der Waals surface area (Å²) in [6.07, 6.45) is -2.56. The monoisotopic (exact) mass is 273 g/mol. The van der Waals surface area contributed by atoms with Crippen molar-refractivity contribution in [1.29, 1.82) is 0 Å². The van der Waals surface area contributed by atoms with Crippen LogP contribution in [0.25, 0.3) is 0 Å². The molecule has 0 saturated heterocycles. The smallest absolute Gasteiger partial charge is 0.345 e. The molecule has 1 aliphatic rings. The van der Waals surface area contributed by atoms with Gasteiger partial charge in [0.25, 0.3) is 0 Å². The Morgan fingerprint density at radius 1 is 1.37 bits per heavy atom. The highest BCUT2D eigenvalue weighted by Gasteiger charge is 2.38. The number of halogens is 3. The Kier molecular flexibility index (Phi) is 4.29. The molecule has 1 heterocycles. The lowest BCUT2D eigenvalue weighted by Gasteiger charge is -2.25. The highest BCUT2D eigenvalue weighted by Crippen LogP contribution is 2.33. The van der Waals surface area contributed by atoms with E-state index in [-0.39, 0.29) is 6.04 Å². The van der Waals surface area contributed by atoms with Gasteiger partial charge in [0, 0.05) is 12.6 Å². The van der Waals surface area contributed by atoms with Crippen molar-refractivity contribution in [2.45, 2.75) is 38.5 Å². The van der Waals surface area contributed by atoms with Gasteiger partial charge in [0.05, 0.1) is 5.69 Å². The van der Waals surface area contributed by atoms with E-state index < -0.39 is 12.7 Å². The summed E-state index contributed by atoms with van der Waals surface area (Å²) >= 11 is 0. The molecule has 0 amide bonds. The van der Waals surface area contributed by atoms with Gasteiger partial charge in [-0.1, -0.05) is 13.0 Å². The third-order valence-corrected chi connectivity index (χ3v) is 2.98. The average molecular weight is 273 g/mol. The zero-order valence-electron chi connectivity index (χ0n) is 10.9. The molecule has 0 unspecified atom stereocenters. The molecule has 19 heavy (non-hydrogen) atoms. The van der Waals surface area contributed by atoms with E-state index in [1.54, 1.807) is 12.1 Å². The highest BCUT2D eigenvalue weighted by atomic mass is 19.4. The second kappa shape index (κ2) is 5.77. The molecule has 1 fully saturated rings. The second-order valence-electron chi connectivity index (χ2n) is 4.74. The Morgan fingerprint density at radius 3 is 2.68 bits per heavy atom. The van der Waals surface area contributed by atoms with E-state index in [0.29, 0.717) is 12.4 Å². The molecule has 0 aliphatic heterocycles. The van der Waals surface area contributed by atoms with E-state index in [0.717, 1.165) is 25.1 Å². The largest absolute Gasteiger partial charge is 0.405 e. The minimum absolute atomic E-state index is 0.0106. The van der Waals surface area contributed by atoms with Gasteiger partial charge in [-0.2, -0.15) is 13.2 Å². The average Bonchev–Trinajstić information content (AvgIpc) is 3.17. The van der Waals surface area contributed by atoms with Gasteiger partial charge < -0.3 is 10.2 Å². The van der Waals surface area contributed by atoms with Crippen molar-refractivity contribution in [3.63, 3.8) is 0 Å². The van der Waals surface area contributed by atoms with Crippen molar-refractivity contribution < 1.29 is 13.2 Å². The van der Waals surface area contributed by atoms with Crippen LogP contribution < -0.4 is 10.2 Å². The molecule has 0 atom stereocenters. The summed E-state index contributed by atoms with van der Waals surface area (Å²) in [5.41, 5.74) is 0.771. The molecular weight excluding hydrogens is 255 g/mol. The topological polar surface area (TPSA) is 28.2 Å². The first-order chi connectivity index (χ1) is 8.99. The normalized spacial score (nSPS) is 15.6. The SMILES string of the molecule is CCNCc1cccc(N(CC(F)(F)F)C2CC2)n1. The number of pyridine rings is 1. The number of aromatic nitrogens is 1. The van der Waals surface area contributed by atoms with Crippen molar-refractivity contribution >= 4 is 5.82 Å². The minimum Gasteiger partial charge on any atom is -0.345 e. The Bertz CT molecular complexity index is 416. The van der Waals surface area contributed by atoms with E-state index in [2.05, 4.69) is 10.3 Å². The number of hydrogen-bond donors (Lipinski definition) is 1. The quantitative estimate of drug-likeness (QED) is 0.863. The number of nitrogens with zero attached hydrogens (tertiary/aromatic N) is 2. The number of alkyl halides is 3. The Labute approximate surface area is 110 Å². The van der Waals surface area contributed by atoms with E-state index >= 15 is 0 Å². The van der Waals surface area contributed by atoms with Crippen molar-refractivity contribution in [3.8, 4) is 0 Å². The Hall–Kier alpha value is -1.30. The summed E-state index contributed by atoms with van der Waals surface area (Å²) in [7, 11) is 0. The molecule has 0 radical (unpaired) electrons. The summed E-state index contributed by atoms with van der Waals surface area (Å²) in [5.74, 6) is 0.426. The molecule has 3 nitrogen and oxygen atoms in total. The van der Waals surface area contributed by atoms with Crippen molar-refractivity contribution in [2.24, 2.45) is 0 Å². The molecule has 0 aromatic carbocycles. The fourth-order valence-corrected chi connectivity index (χ4v) is 1.95. The van der Waals surface area contributed by atoms with Crippen LogP contribution in [0.5, 0.6) is 0 Å². The van der Waals surface area contributed by atoms with Gasteiger partial charge in [-0.15, -0.1) is 0 Å². The van der Waals surface area contributed by atoms with Gasteiger partial charge in [-0.3, -0.25) is 0 Å². The van der Waals surface area contributed by atoms with E-state index in [1.807, 2.05) is 13.0 Å². The third kappa shape index (κ3) is 4.38. The van der Waals surface area contributed by atoms with Crippen LogP contribution in [0.3, 0.4) is 0 Å². The van der Waals surface area contributed by atoms with Crippen molar-refractivity contribution in [2.75, 3.05) is 18.0 Å². The van der Waals surface area contributed by atoms with Crippen LogP contribution in [-0.4, -0.2) is 30.3 Å². The van der Waals surface area contributed by atoms with E-state index in [1.165, 1.54) is 4.90 Å². The molecule has 1 aromatic heterocycles. The number of rotatable bonds is 6. The van der Waals surface area contributed by atoms with Gasteiger partial charge in [-0.05, 0) is 31.5 Å². The molecule has 2 rings (SSSR count). The van der Waals surface area contributed by atoms with E-state index in [4.69, 9.17) is 0 Å². The van der Waals surface area contributed by atoms with Crippen LogP contribution in [0.1, 0.15) is 25.5 Å². The van der Waals surface area contributed by atoms with Gasteiger partial charge in [0.15, 0.2) is 0 Å². The predicted octanol–water partition coefficient (Wildman–Crippen LogP) is 2.72. The fraction of sp³-hybridized carbons (Fsp3) is 0.615. The van der Waals surface area contributed by atoms with Crippen LogP contribution in [0.2, 0.25) is 0 Å². The van der Waals surface area contributed by atoms with Crippen LogP contribution >= 0.6 is 0 Å². The molecule has 6 heteroatoms. The standard InChI is InChI=1S/C13H18F3N3/c1-2-17-8-10-4-3-5-12(18-10)19(11-6-7-11)9-13(14,15)16/h3-5,11,17H,2,6-9H2,1H3. The molecule has 0 bridgehead atoms. The molecule has 1 aromatic rings. The van der Waals surface area contributed by atoms with Gasteiger partial charge >= 0.3 is 6.18 Å². The zero-order valence-corrected chi connectivity index (χ0v) is 10.9. The van der Waals surface area contributed by atoms with Crippen LogP contribution in [0.4, 0.5) is 19.0 Å². The maximum absolute atomic E-state index is 12.6. The van der Waals surface area contributed by atoms with Crippen molar-refractivity contribution in [1.82, 2.24) is 10.3 Å². The fourth-order valence-electron chi connectivity index (χ4n) is 1.95. The van der Waals surface area contributed by atoms with E-state index in [9.17, 15) is 13.2 Å². The molecular formula is C13H18F3N3. The minimum atomic E-state index is -4.19. The summed E-state index contributed by atoms with van der Waals surface area (Å²) in [6.45, 7) is 2.44. The van der Waals surface area contributed by atoms with Crippen molar-refractivity contribution in [3.05, 3.63) is 23.9 Å².